The minimum atomic E-state index is -0.146. The highest BCUT2D eigenvalue weighted by Gasteiger charge is 2.22. The topological polar surface area (TPSA) is 32.3 Å². The van der Waals surface area contributed by atoms with Gasteiger partial charge in [0.15, 0.2) is 0 Å². The summed E-state index contributed by atoms with van der Waals surface area (Å²) >= 11 is 0. The first-order valence-corrected chi connectivity index (χ1v) is 8.46. The van der Waals surface area contributed by atoms with Gasteiger partial charge in [0.1, 0.15) is 5.82 Å². The first-order valence-electron chi connectivity index (χ1n) is 8.46. The molecule has 0 unspecified atom stereocenters. The highest BCUT2D eigenvalue weighted by atomic mass is 19.1. The number of aryl methyl sites for hydroxylation is 1. The van der Waals surface area contributed by atoms with Gasteiger partial charge in [0, 0.05) is 36.8 Å². The summed E-state index contributed by atoms with van der Waals surface area (Å²) in [5.41, 5.74) is 2.47. The van der Waals surface area contributed by atoms with Crippen molar-refractivity contribution in [2.24, 2.45) is 0 Å². The number of rotatable bonds is 4. The molecule has 126 valence electrons. The summed E-state index contributed by atoms with van der Waals surface area (Å²) in [5, 5.41) is 3.13. The van der Waals surface area contributed by atoms with Gasteiger partial charge in [0.05, 0.1) is 0 Å². The van der Waals surface area contributed by atoms with E-state index in [1.165, 1.54) is 6.07 Å². The van der Waals surface area contributed by atoms with E-state index < -0.39 is 0 Å². The Morgan fingerprint density at radius 3 is 2.50 bits per heavy atom. The number of piperidine rings is 1. The molecule has 2 aromatic rings. The number of amides is 1. The Bertz CT molecular complexity index is 708. The number of hydrogen-bond acceptors (Lipinski definition) is 2. The summed E-state index contributed by atoms with van der Waals surface area (Å²) < 4.78 is 13.7. The van der Waals surface area contributed by atoms with Crippen LogP contribution < -0.4 is 5.32 Å². The Kier molecular flexibility index (Phi) is 5.26. The third-order valence-electron chi connectivity index (χ3n) is 4.66. The average molecular weight is 326 g/mol. The second-order valence-electron chi connectivity index (χ2n) is 6.43. The molecule has 3 nitrogen and oxygen atoms in total. The van der Waals surface area contributed by atoms with Crippen LogP contribution in [0.25, 0.3) is 0 Å². The summed E-state index contributed by atoms with van der Waals surface area (Å²) in [6, 6.07) is 14.7. The van der Waals surface area contributed by atoms with E-state index in [-0.39, 0.29) is 17.8 Å². The van der Waals surface area contributed by atoms with E-state index in [1.807, 2.05) is 43.3 Å². The number of benzene rings is 2. The standard InChI is InChI=1S/C20H23FN2O/c1-15-6-2-4-8-18(15)20(24)22-17-10-12-23(13-11-17)14-16-7-3-5-9-19(16)21/h2-9,17H,10-14H2,1H3,(H,22,24). The van der Waals surface area contributed by atoms with Gasteiger partial charge in [-0.3, -0.25) is 9.69 Å². The molecule has 1 saturated heterocycles. The normalized spacial score (nSPS) is 16.1. The van der Waals surface area contributed by atoms with Crippen LogP contribution in [0, 0.1) is 12.7 Å². The molecule has 0 bridgehead atoms. The molecule has 0 saturated carbocycles. The van der Waals surface area contributed by atoms with Crippen LogP contribution in [-0.2, 0) is 6.54 Å². The highest BCUT2D eigenvalue weighted by molar-refractivity contribution is 5.95. The molecule has 1 heterocycles. The van der Waals surface area contributed by atoms with Gasteiger partial charge >= 0.3 is 0 Å². The zero-order chi connectivity index (χ0) is 16.9. The summed E-state index contributed by atoms with van der Waals surface area (Å²) in [7, 11) is 0. The van der Waals surface area contributed by atoms with E-state index in [1.54, 1.807) is 6.07 Å². The number of nitrogens with zero attached hydrogens (tertiary/aromatic N) is 1. The molecule has 0 aromatic heterocycles. The SMILES string of the molecule is Cc1ccccc1C(=O)NC1CCN(Cc2ccccc2F)CC1. The quantitative estimate of drug-likeness (QED) is 0.932. The summed E-state index contributed by atoms with van der Waals surface area (Å²) in [6.45, 7) is 4.32. The Morgan fingerprint density at radius 1 is 1.12 bits per heavy atom. The Balaban J connectivity index is 1.51. The maximum absolute atomic E-state index is 13.7. The maximum Gasteiger partial charge on any atom is 0.251 e. The number of nitrogens with one attached hydrogen (secondary N) is 1. The lowest BCUT2D eigenvalue weighted by molar-refractivity contribution is 0.0908. The number of likely N-dealkylation sites (tertiary alicyclic amines) is 1. The van der Waals surface area contributed by atoms with Crippen LogP contribution in [-0.4, -0.2) is 29.9 Å². The second-order valence-corrected chi connectivity index (χ2v) is 6.43. The van der Waals surface area contributed by atoms with Crippen LogP contribution in [0.4, 0.5) is 4.39 Å². The summed E-state index contributed by atoms with van der Waals surface area (Å²) in [5.74, 6) is -0.145. The monoisotopic (exact) mass is 326 g/mol. The zero-order valence-electron chi connectivity index (χ0n) is 14.0. The fourth-order valence-electron chi connectivity index (χ4n) is 3.19. The van der Waals surface area contributed by atoms with Crippen molar-refractivity contribution in [2.45, 2.75) is 32.4 Å². The van der Waals surface area contributed by atoms with E-state index in [0.717, 1.165) is 42.6 Å². The lowest BCUT2D eigenvalue weighted by atomic mass is 10.0. The van der Waals surface area contributed by atoms with Gasteiger partial charge in [-0.05, 0) is 37.5 Å². The van der Waals surface area contributed by atoms with Crippen LogP contribution in [0.3, 0.4) is 0 Å². The van der Waals surface area contributed by atoms with Crippen LogP contribution in [0.15, 0.2) is 48.5 Å². The van der Waals surface area contributed by atoms with E-state index in [0.29, 0.717) is 6.54 Å². The molecule has 3 rings (SSSR count). The summed E-state index contributed by atoms with van der Waals surface area (Å²) in [4.78, 5) is 14.6. The predicted molar refractivity (Wildman–Crippen MR) is 93.3 cm³/mol. The Hall–Kier alpha value is -2.20. The van der Waals surface area contributed by atoms with Crippen molar-refractivity contribution >= 4 is 5.91 Å². The van der Waals surface area contributed by atoms with E-state index >= 15 is 0 Å². The first-order chi connectivity index (χ1) is 11.6. The van der Waals surface area contributed by atoms with Crippen molar-refractivity contribution in [3.8, 4) is 0 Å². The smallest absolute Gasteiger partial charge is 0.251 e. The van der Waals surface area contributed by atoms with Crippen molar-refractivity contribution in [3.63, 3.8) is 0 Å². The van der Waals surface area contributed by atoms with Gasteiger partial charge in [-0.25, -0.2) is 4.39 Å². The maximum atomic E-state index is 13.7. The molecule has 0 spiro atoms. The minimum Gasteiger partial charge on any atom is -0.349 e. The predicted octanol–water partition coefficient (Wildman–Crippen LogP) is 3.53. The molecule has 0 radical (unpaired) electrons. The third kappa shape index (κ3) is 4.01. The first kappa shape index (κ1) is 16.7. The molecule has 0 aliphatic carbocycles. The van der Waals surface area contributed by atoms with Gasteiger partial charge in [0.25, 0.3) is 5.91 Å². The molecule has 4 heteroatoms. The van der Waals surface area contributed by atoms with Crippen LogP contribution in [0.1, 0.15) is 34.3 Å². The fourth-order valence-corrected chi connectivity index (χ4v) is 3.19. The molecule has 1 N–H and O–H groups in total. The molecular weight excluding hydrogens is 303 g/mol. The second kappa shape index (κ2) is 7.58. The minimum absolute atomic E-state index is 0.000605. The van der Waals surface area contributed by atoms with E-state index in [9.17, 15) is 9.18 Å². The molecule has 24 heavy (non-hydrogen) atoms. The van der Waals surface area contributed by atoms with Crippen molar-refractivity contribution in [1.82, 2.24) is 10.2 Å². The van der Waals surface area contributed by atoms with Gasteiger partial charge < -0.3 is 5.32 Å². The lowest BCUT2D eigenvalue weighted by Gasteiger charge is -2.32. The zero-order valence-corrected chi connectivity index (χ0v) is 14.0. The highest BCUT2D eigenvalue weighted by Crippen LogP contribution is 2.16. The number of carbonyl (C=O) groups excluding carboxylic acids is 1. The molecule has 1 aliphatic rings. The lowest BCUT2D eigenvalue weighted by Crippen LogP contribution is -2.44. The summed E-state index contributed by atoms with van der Waals surface area (Å²) in [6.07, 6.45) is 1.79. The van der Waals surface area contributed by atoms with Crippen molar-refractivity contribution < 1.29 is 9.18 Å². The molecule has 0 atom stereocenters. The van der Waals surface area contributed by atoms with Crippen LogP contribution in [0.2, 0.25) is 0 Å². The Morgan fingerprint density at radius 2 is 1.79 bits per heavy atom. The van der Waals surface area contributed by atoms with Gasteiger partial charge in [-0.2, -0.15) is 0 Å². The molecular formula is C20H23FN2O. The molecule has 1 fully saturated rings. The number of hydrogen-bond donors (Lipinski definition) is 1. The molecule has 2 aromatic carbocycles. The van der Waals surface area contributed by atoms with Gasteiger partial charge in [-0.15, -0.1) is 0 Å². The van der Waals surface area contributed by atoms with Crippen LogP contribution in [0.5, 0.6) is 0 Å². The third-order valence-corrected chi connectivity index (χ3v) is 4.66. The molecule has 1 amide bonds. The number of carbonyl (C=O) groups is 1. The van der Waals surface area contributed by atoms with E-state index in [4.69, 9.17) is 0 Å². The largest absolute Gasteiger partial charge is 0.349 e. The average Bonchev–Trinajstić information content (AvgIpc) is 2.59. The van der Waals surface area contributed by atoms with Gasteiger partial charge in [0.2, 0.25) is 0 Å². The Labute approximate surface area is 142 Å². The van der Waals surface area contributed by atoms with E-state index in [2.05, 4.69) is 10.2 Å². The van der Waals surface area contributed by atoms with Crippen molar-refractivity contribution in [1.29, 1.82) is 0 Å². The van der Waals surface area contributed by atoms with Crippen molar-refractivity contribution in [2.75, 3.05) is 13.1 Å². The van der Waals surface area contributed by atoms with Crippen LogP contribution >= 0.6 is 0 Å². The van der Waals surface area contributed by atoms with Crippen molar-refractivity contribution in [3.05, 3.63) is 71.0 Å². The van der Waals surface area contributed by atoms with Gasteiger partial charge in [-0.1, -0.05) is 36.4 Å². The number of halogens is 1. The fraction of sp³-hybridized carbons (Fsp3) is 0.350. The molecule has 1 aliphatic heterocycles.